The molecule has 0 spiro atoms. The average molecular weight is 615 g/mol. The molecule has 0 saturated heterocycles. The van der Waals surface area contributed by atoms with Crippen LogP contribution in [0.4, 0.5) is 4.79 Å². The monoisotopic (exact) mass is 614 g/mol. The summed E-state index contributed by atoms with van der Waals surface area (Å²) in [5.41, 5.74) is 1.41. The van der Waals surface area contributed by atoms with Gasteiger partial charge in [-0.05, 0) is 74.8 Å². The van der Waals surface area contributed by atoms with Crippen LogP contribution in [0, 0.1) is 5.41 Å². The largest absolute Gasteiger partial charge is 0.480 e. The molecule has 1 unspecified atom stereocenters. The highest BCUT2D eigenvalue weighted by atomic mass is 32.2. The Morgan fingerprint density at radius 1 is 1.12 bits per heavy atom. The van der Waals surface area contributed by atoms with Crippen LogP contribution in [0.2, 0.25) is 0 Å². The standard InChI is InChI=1S/C35H54N2O5S/c1-13-27(28-19-17-15-16-18-20-28)22-21-25(5)35(14-2,43-24(3)4)23-37(26(6)31(39)40)30(38)29(33(7,8)9)36-32(41)42-34(10,11)12/h13,15,17-22,24,26,29H,5,14,16,23H2,1-4,6-12H3,(H,36,41)(H,39,40)/b22-21-,27-13+/t26?,29-,35+/m1/s1. The minimum absolute atomic E-state index is 0.0981. The number of rotatable bonds is 13. The zero-order valence-electron chi connectivity index (χ0n) is 28.1. The maximum atomic E-state index is 14.3. The number of ether oxygens (including phenoxy) is 1. The maximum absolute atomic E-state index is 14.3. The fourth-order valence-corrected chi connectivity index (χ4v) is 6.12. The van der Waals surface area contributed by atoms with E-state index in [1.807, 2.05) is 58.9 Å². The van der Waals surface area contributed by atoms with Crippen molar-refractivity contribution in [2.24, 2.45) is 5.41 Å². The second-order valence-electron chi connectivity index (χ2n) is 13.2. The van der Waals surface area contributed by atoms with Gasteiger partial charge in [0.2, 0.25) is 5.91 Å². The van der Waals surface area contributed by atoms with E-state index in [2.05, 4.69) is 50.0 Å². The van der Waals surface area contributed by atoms with Crippen molar-refractivity contribution < 1.29 is 24.2 Å². The SMILES string of the molecule is C=C(/C=C\C(=C/C)C1=CC=CCC=C1)[C@](CC)(CN(C(=O)[C@@H](NC(=O)OC(C)(C)C)C(C)(C)C)C(C)C(=O)O)SC(C)C. The maximum Gasteiger partial charge on any atom is 0.408 e. The molecular formula is C35H54N2O5S. The Balaban J connectivity index is 3.60. The van der Waals surface area contributed by atoms with Crippen LogP contribution < -0.4 is 5.32 Å². The molecule has 0 radical (unpaired) electrons. The summed E-state index contributed by atoms with van der Waals surface area (Å²) < 4.78 is 4.76. The van der Waals surface area contributed by atoms with Crippen LogP contribution in [0.3, 0.4) is 0 Å². The third kappa shape index (κ3) is 11.9. The number of carboxylic acids is 1. The number of nitrogens with one attached hydrogen (secondary N) is 1. The molecule has 0 heterocycles. The number of carboxylic acid groups (broad SMARTS) is 1. The van der Waals surface area contributed by atoms with Gasteiger partial charge in [0.05, 0.1) is 4.75 Å². The number of alkyl carbamates (subject to hydrolysis) is 1. The highest BCUT2D eigenvalue weighted by molar-refractivity contribution is 8.01. The van der Waals surface area contributed by atoms with Crippen molar-refractivity contribution in [2.75, 3.05) is 6.54 Å². The number of carbonyl (C=O) groups is 3. The van der Waals surface area contributed by atoms with Gasteiger partial charge in [-0.3, -0.25) is 4.79 Å². The number of carbonyl (C=O) groups excluding carboxylic acids is 2. The van der Waals surface area contributed by atoms with E-state index in [1.54, 1.807) is 32.5 Å². The van der Waals surface area contributed by atoms with E-state index in [9.17, 15) is 19.5 Å². The van der Waals surface area contributed by atoms with Gasteiger partial charge in [0, 0.05) is 6.54 Å². The van der Waals surface area contributed by atoms with Crippen LogP contribution in [0.25, 0.3) is 0 Å². The van der Waals surface area contributed by atoms with E-state index >= 15 is 0 Å². The van der Waals surface area contributed by atoms with Crippen LogP contribution in [0.1, 0.15) is 89.0 Å². The number of aliphatic carboxylic acids is 1. The molecule has 1 aliphatic carbocycles. The van der Waals surface area contributed by atoms with Crippen molar-refractivity contribution in [1.82, 2.24) is 10.2 Å². The Labute approximate surface area is 264 Å². The van der Waals surface area contributed by atoms with Crippen LogP contribution >= 0.6 is 11.8 Å². The van der Waals surface area contributed by atoms with Crippen LogP contribution in [0.15, 0.2) is 71.9 Å². The molecule has 43 heavy (non-hydrogen) atoms. The van der Waals surface area contributed by atoms with Crippen molar-refractivity contribution in [2.45, 2.75) is 117 Å². The first-order valence-corrected chi connectivity index (χ1v) is 15.9. The third-order valence-electron chi connectivity index (χ3n) is 7.02. The van der Waals surface area contributed by atoms with E-state index in [1.165, 1.54) is 11.8 Å². The Bertz CT molecular complexity index is 1160. The number of allylic oxidation sites excluding steroid dienone is 10. The van der Waals surface area contributed by atoms with Gasteiger partial charge in [0.15, 0.2) is 0 Å². The number of hydrogen-bond donors (Lipinski definition) is 2. The lowest BCUT2D eigenvalue weighted by molar-refractivity contribution is -0.151. The van der Waals surface area contributed by atoms with Gasteiger partial charge in [-0.25, -0.2) is 9.59 Å². The summed E-state index contributed by atoms with van der Waals surface area (Å²) in [6, 6.07) is -2.17. The van der Waals surface area contributed by atoms with E-state index in [4.69, 9.17) is 4.74 Å². The summed E-state index contributed by atoms with van der Waals surface area (Å²) >= 11 is 1.66. The van der Waals surface area contributed by atoms with E-state index in [-0.39, 0.29) is 11.8 Å². The zero-order valence-corrected chi connectivity index (χ0v) is 28.9. The Hall–Kier alpha value is -3.00. The van der Waals surface area contributed by atoms with Gasteiger partial charge >= 0.3 is 12.1 Å². The lowest BCUT2D eigenvalue weighted by atomic mass is 9.85. The average Bonchev–Trinajstić information content (AvgIpc) is 3.17. The van der Waals surface area contributed by atoms with Crippen LogP contribution in [-0.2, 0) is 14.3 Å². The molecule has 0 aromatic carbocycles. The molecule has 0 bridgehead atoms. The first kappa shape index (κ1) is 38.0. The number of thioether (sulfide) groups is 1. The summed E-state index contributed by atoms with van der Waals surface area (Å²) in [5.74, 6) is -1.61. The molecule has 0 aliphatic heterocycles. The van der Waals surface area contributed by atoms with Crippen molar-refractivity contribution in [3.8, 4) is 0 Å². The molecule has 0 saturated carbocycles. The normalized spacial score (nSPS) is 17.1. The predicted octanol–water partition coefficient (Wildman–Crippen LogP) is 8.02. The molecule has 2 amide bonds. The van der Waals surface area contributed by atoms with Gasteiger partial charge in [-0.15, -0.1) is 11.8 Å². The lowest BCUT2D eigenvalue weighted by Crippen LogP contribution is -2.60. The molecule has 8 heteroatoms. The minimum atomic E-state index is -1.15. The molecule has 1 rings (SSSR count). The summed E-state index contributed by atoms with van der Waals surface area (Å²) in [4.78, 5) is 40.9. The van der Waals surface area contributed by atoms with Gasteiger partial charge in [0.25, 0.3) is 0 Å². The highest BCUT2D eigenvalue weighted by Crippen LogP contribution is 2.41. The fraction of sp³-hybridized carbons (Fsp3) is 0.571. The van der Waals surface area contributed by atoms with Crippen LogP contribution in [0.5, 0.6) is 0 Å². The van der Waals surface area contributed by atoms with E-state index < -0.39 is 45.8 Å². The van der Waals surface area contributed by atoms with Gasteiger partial charge in [-0.2, -0.15) is 0 Å². The minimum Gasteiger partial charge on any atom is -0.480 e. The fourth-order valence-electron chi connectivity index (χ4n) is 4.62. The Morgan fingerprint density at radius 3 is 2.23 bits per heavy atom. The van der Waals surface area contributed by atoms with Gasteiger partial charge < -0.3 is 20.1 Å². The van der Waals surface area contributed by atoms with Crippen molar-refractivity contribution >= 4 is 29.7 Å². The van der Waals surface area contributed by atoms with Gasteiger partial charge in [-0.1, -0.05) is 96.7 Å². The molecule has 0 aromatic heterocycles. The number of nitrogens with zero attached hydrogens (tertiary/aromatic N) is 1. The molecule has 1 aliphatic rings. The molecule has 3 atom stereocenters. The van der Waals surface area contributed by atoms with Crippen molar-refractivity contribution in [3.05, 3.63) is 71.9 Å². The second kappa shape index (κ2) is 16.2. The summed E-state index contributed by atoms with van der Waals surface area (Å²) in [6.07, 6.45) is 17.2. The topological polar surface area (TPSA) is 95.9 Å². The van der Waals surface area contributed by atoms with Crippen LogP contribution in [-0.4, -0.2) is 62.2 Å². The molecule has 2 N–H and O–H groups in total. The number of amides is 2. The zero-order chi connectivity index (χ0) is 33.2. The summed E-state index contributed by atoms with van der Waals surface area (Å²) in [6.45, 7) is 25.0. The van der Waals surface area contributed by atoms with Crippen molar-refractivity contribution in [1.29, 1.82) is 0 Å². The lowest BCUT2D eigenvalue weighted by Gasteiger charge is -2.43. The smallest absolute Gasteiger partial charge is 0.408 e. The second-order valence-corrected chi connectivity index (χ2v) is 15.2. The summed E-state index contributed by atoms with van der Waals surface area (Å²) in [7, 11) is 0. The quantitative estimate of drug-likeness (QED) is 0.204. The van der Waals surface area contributed by atoms with Crippen molar-refractivity contribution in [3.63, 3.8) is 0 Å². The van der Waals surface area contributed by atoms with Gasteiger partial charge in [0.1, 0.15) is 17.7 Å². The molecular weight excluding hydrogens is 560 g/mol. The first-order valence-electron chi connectivity index (χ1n) is 15.1. The number of hydrogen-bond acceptors (Lipinski definition) is 5. The predicted molar refractivity (Wildman–Crippen MR) is 180 cm³/mol. The van der Waals surface area contributed by atoms with E-state index in [0.29, 0.717) is 6.42 Å². The molecule has 240 valence electrons. The Morgan fingerprint density at radius 2 is 1.74 bits per heavy atom. The molecule has 0 fully saturated rings. The third-order valence-corrected chi connectivity index (χ3v) is 8.62. The molecule has 7 nitrogen and oxygen atoms in total. The first-order chi connectivity index (χ1) is 19.8. The highest BCUT2D eigenvalue weighted by Gasteiger charge is 2.44. The Kier molecular flexibility index (Phi) is 14.3. The molecule has 0 aromatic rings. The summed E-state index contributed by atoms with van der Waals surface area (Å²) in [5, 5.41) is 13.0. The van der Waals surface area contributed by atoms with E-state index in [0.717, 1.165) is 23.1 Å².